The van der Waals surface area contributed by atoms with Gasteiger partial charge in [-0.05, 0) is 37.6 Å². The topological polar surface area (TPSA) is 88.1 Å². The second-order valence-electron chi connectivity index (χ2n) is 5.97. The summed E-state index contributed by atoms with van der Waals surface area (Å²) in [6, 6.07) is 6.55. The smallest absolute Gasteiger partial charge is 0.318 e. The summed E-state index contributed by atoms with van der Waals surface area (Å²) in [5.74, 6) is -0.302. The van der Waals surface area contributed by atoms with Crippen LogP contribution in [0, 0.1) is 6.92 Å². The van der Waals surface area contributed by atoms with E-state index in [-0.39, 0.29) is 11.9 Å². The quantitative estimate of drug-likeness (QED) is 0.624. The summed E-state index contributed by atoms with van der Waals surface area (Å²) in [5.41, 5.74) is 2.65. The number of aryl methyl sites for hydroxylation is 2. The summed E-state index contributed by atoms with van der Waals surface area (Å²) in [6.07, 6.45) is 5.12. The molecule has 0 bridgehead atoms. The van der Waals surface area contributed by atoms with E-state index >= 15 is 0 Å². The lowest BCUT2D eigenvalue weighted by molar-refractivity contribution is -0.111. The van der Waals surface area contributed by atoms with Crippen LogP contribution in [-0.4, -0.2) is 28.8 Å². The van der Waals surface area contributed by atoms with E-state index < -0.39 is 0 Å². The number of halogens is 1. The summed E-state index contributed by atoms with van der Waals surface area (Å²) < 4.78 is 1.76. The minimum absolute atomic E-state index is 0.302. The van der Waals surface area contributed by atoms with Crippen molar-refractivity contribution in [1.82, 2.24) is 15.1 Å². The van der Waals surface area contributed by atoms with Gasteiger partial charge in [0.15, 0.2) is 0 Å². The van der Waals surface area contributed by atoms with Crippen molar-refractivity contribution in [2.45, 2.75) is 33.2 Å². The second kappa shape index (κ2) is 9.78. The third-order valence-corrected chi connectivity index (χ3v) is 4.25. The largest absolute Gasteiger partial charge is 0.341 e. The van der Waals surface area contributed by atoms with Gasteiger partial charge < -0.3 is 16.0 Å². The molecule has 0 aliphatic heterocycles. The highest BCUT2D eigenvalue weighted by molar-refractivity contribution is 6.31. The minimum atomic E-state index is -0.330. The van der Waals surface area contributed by atoms with Crippen LogP contribution in [0.4, 0.5) is 16.2 Å². The van der Waals surface area contributed by atoms with E-state index in [1.165, 1.54) is 13.1 Å². The van der Waals surface area contributed by atoms with Crippen LogP contribution in [0.3, 0.4) is 0 Å². The zero-order valence-electron chi connectivity index (χ0n) is 15.7. The van der Waals surface area contributed by atoms with Crippen LogP contribution < -0.4 is 16.0 Å². The fourth-order valence-electron chi connectivity index (χ4n) is 2.42. The standard InChI is InChI=1S/C19H24ClN5O2/c1-4-5-11-25-18(20)16(13(2)24-25)9-10-17(26)22-14-7-6-8-15(12-14)23-19(27)21-3/h6-10,12H,4-5,11H2,1-3H3,(H,22,26)(H2,21,23,27)/b10-9+. The molecule has 144 valence electrons. The first-order chi connectivity index (χ1) is 12.9. The molecule has 0 fully saturated rings. The average molecular weight is 390 g/mol. The molecule has 0 aliphatic rings. The summed E-state index contributed by atoms with van der Waals surface area (Å²) in [4.78, 5) is 23.6. The molecule has 0 atom stereocenters. The number of benzene rings is 1. The highest BCUT2D eigenvalue weighted by Gasteiger charge is 2.11. The Bertz CT molecular complexity index is 845. The third kappa shape index (κ3) is 5.86. The van der Waals surface area contributed by atoms with Crippen molar-refractivity contribution in [2.24, 2.45) is 0 Å². The fraction of sp³-hybridized carbons (Fsp3) is 0.316. The van der Waals surface area contributed by atoms with Crippen molar-refractivity contribution >= 4 is 41.0 Å². The Kier molecular flexibility index (Phi) is 7.43. The van der Waals surface area contributed by atoms with Gasteiger partial charge in [0.05, 0.1) is 5.69 Å². The monoisotopic (exact) mass is 389 g/mol. The number of hydrogen-bond acceptors (Lipinski definition) is 3. The Labute approximate surface area is 163 Å². The Balaban J connectivity index is 2.04. The number of hydrogen-bond donors (Lipinski definition) is 3. The lowest BCUT2D eigenvalue weighted by Crippen LogP contribution is -2.24. The van der Waals surface area contributed by atoms with E-state index in [2.05, 4.69) is 28.0 Å². The van der Waals surface area contributed by atoms with E-state index in [0.717, 1.165) is 30.6 Å². The van der Waals surface area contributed by atoms with Gasteiger partial charge in [0, 0.05) is 36.6 Å². The first-order valence-electron chi connectivity index (χ1n) is 8.75. The molecule has 0 saturated carbocycles. The molecule has 1 aromatic carbocycles. The van der Waals surface area contributed by atoms with Crippen LogP contribution in [0.5, 0.6) is 0 Å². The molecular formula is C19H24ClN5O2. The molecule has 1 heterocycles. The first-order valence-corrected chi connectivity index (χ1v) is 9.13. The highest BCUT2D eigenvalue weighted by Crippen LogP contribution is 2.22. The van der Waals surface area contributed by atoms with Gasteiger partial charge in [0.1, 0.15) is 5.15 Å². The molecule has 0 aliphatic carbocycles. The van der Waals surface area contributed by atoms with E-state index in [0.29, 0.717) is 16.5 Å². The van der Waals surface area contributed by atoms with Crippen LogP contribution in [0.2, 0.25) is 5.15 Å². The number of rotatable bonds is 7. The Morgan fingerprint density at radius 3 is 2.63 bits per heavy atom. The summed E-state index contributed by atoms with van der Waals surface area (Å²) in [6.45, 7) is 4.72. The minimum Gasteiger partial charge on any atom is -0.341 e. The van der Waals surface area contributed by atoms with Gasteiger partial charge in [0.25, 0.3) is 0 Å². The number of amides is 3. The van der Waals surface area contributed by atoms with Gasteiger partial charge in [-0.1, -0.05) is 31.0 Å². The molecule has 8 heteroatoms. The fourth-order valence-corrected chi connectivity index (χ4v) is 2.75. The Morgan fingerprint density at radius 2 is 1.96 bits per heavy atom. The van der Waals surface area contributed by atoms with Crippen molar-refractivity contribution < 1.29 is 9.59 Å². The average Bonchev–Trinajstić information content (AvgIpc) is 2.91. The first kappa shape index (κ1) is 20.5. The molecule has 2 rings (SSSR count). The zero-order chi connectivity index (χ0) is 19.8. The number of unbranched alkanes of at least 4 members (excludes halogenated alkanes) is 1. The predicted octanol–water partition coefficient (Wildman–Crippen LogP) is 4.05. The lowest BCUT2D eigenvalue weighted by atomic mass is 10.2. The molecule has 0 radical (unpaired) electrons. The molecular weight excluding hydrogens is 366 g/mol. The van der Waals surface area contributed by atoms with Crippen molar-refractivity contribution in [3.63, 3.8) is 0 Å². The van der Waals surface area contributed by atoms with Crippen LogP contribution in [0.25, 0.3) is 6.08 Å². The zero-order valence-corrected chi connectivity index (χ0v) is 16.4. The van der Waals surface area contributed by atoms with Gasteiger partial charge in [-0.25, -0.2) is 4.79 Å². The highest BCUT2D eigenvalue weighted by atomic mass is 35.5. The molecule has 1 aromatic heterocycles. The Hall–Kier alpha value is -2.80. The number of nitrogens with one attached hydrogen (secondary N) is 3. The van der Waals surface area contributed by atoms with Crippen LogP contribution in [0.15, 0.2) is 30.3 Å². The molecule has 0 spiro atoms. The van der Waals surface area contributed by atoms with E-state index in [1.54, 1.807) is 35.0 Å². The maximum atomic E-state index is 12.2. The summed E-state index contributed by atoms with van der Waals surface area (Å²) in [5, 5.41) is 12.8. The van der Waals surface area contributed by atoms with Gasteiger partial charge in [-0.15, -0.1) is 0 Å². The lowest BCUT2D eigenvalue weighted by Gasteiger charge is -2.07. The predicted molar refractivity (Wildman–Crippen MR) is 109 cm³/mol. The number of anilines is 2. The van der Waals surface area contributed by atoms with Gasteiger partial charge >= 0.3 is 6.03 Å². The van der Waals surface area contributed by atoms with Gasteiger partial charge in [-0.2, -0.15) is 5.10 Å². The van der Waals surface area contributed by atoms with Crippen molar-refractivity contribution in [1.29, 1.82) is 0 Å². The molecule has 0 unspecified atom stereocenters. The molecule has 2 aromatic rings. The van der Waals surface area contributed by atoms with E-state index in [4.69, 9.17) is 11.6 Å². The van der Waals surface area contributed by atoms with Gasteiger partial charge in [-0.3, -0.25) is 9.48 Å². The normalized spacial score (nSPS) is 10.8. The SMILES string of the molecule is CCCCn1nc(C)c(/C=C/C(=O)Nc2cccc(NC(=O)NC)c2)c1Cl. The van der Waals surface area contributed by atoms with Crippen LogP contribution in [0.1, 0.15) is 31.0 Å². The number of aromatic nitrogens is 2. The van der Waals surface area contributed by atoms with Crippen LogP contribution in [-0.2, 0) is 11.3 Å². The maximum Gasteiger partial charge on any atom is 0.318 e. The van der Waals surface area contributed by atoms with Crippen molar-refractivity contribution in [3.8, 4) is 0 Å². The second-order valence-corrected chi connectivity index (χ2v) is 6.33. The Morgan fingerprint density at radius 1 is 1.26 bits per heavy atom. The molecule has 3 amide bonds. The van der Waals surface area contributed by atoms with Crippen molar-refractivity contribution in [2.75, 3.05) is 17.7 Å². The van der Waals surface area contributed by atoms with Crippen molar-refractivity contribution in [3.05, 3.63) is 46.8 Å². The third-order valence-electron chi connectivity index (χ3n) is 3.85. The molecule has 3 N–H and O–H groups in total. The van der Waals surface area contributed by atoms with E-state index in [1.807, 2.05) is 6.92 Å². The number of carbonyl (C=O) groups is 2. The summed E-state index contributed by atoms with van der Waals surface area (Å²) in [7, 11) is 1.53. The number of urea groups is 1. The molecule has 0 saturated heterocycles. The maximum absolute atomic E-state index is 12.2. The molecule has 27 heavy (non-hydrogen) atoms. The number of nitrogens with zero attached hydrogens (tertiary/aromatic N) is 2. The van der Waals surface area contributed by atoms with E-state index in [9.17, 15) is 9.59 Å². The molecule has 7 nitrogen and oxygen atoms in total. The number of carbonyl (C=O) groups excluding carboxylic acids is 2. The van der Waals surface area contributed by atoms with Gasteiger partial charge in [0.2, 0.25) is 5.91 Å². The van der Waals surface area contributed by atoms with Crippen LogP contribution >= 0.6 is 11.6 Å². The summed E-state index contributed by atoms with van der Waals surface area (Å²) >= 11 is 6.36.